The number of Topliss-reactive ketones (excluding diaryl/α,β-unsaturated/α-hetero) is 1. The summed E-state index contributed by atoms with van der Waals surface area (Å²) < 4.78 is 15.0. The smallest absolute Gasteiger partial charge is 0.162 e. The van der Waals surface area contributed by atoms with E-state index in [0.717, 1.165) is 26.3 Å². The van der Waals surface area contributed by atoms with Crippen molar-refractivity contribution < 1.29 is 9.18 Å². The minimum atomic E-state index is -0.505. The molecule has 1 aliphatic heterocycles. The lowest BCUT2D eigenvalue weighted by molar-refractivity contribution is -0.118. The lowest BCUT2D eigenvalue weighted by atomic mass is 9.69. The number of ketones is 1. The fourth-order valence-corrected chi connectivity index (χ4v) is 6.55. The summed E-state index contributed by atoms with van der Waals surface area (Å²) in [5.41, 5.74) is 8.51. The number of carbonyl (C=O) groups is 1. The second-order valence-electron chi connectivity index (χ2n) is 8.73. The van der Waals surface area contributed by atoms with Gasteiger partial charge in [-0.1, -0.05) is 26.8 Å². The molecule has 1 aromatic heterocycles. The molecule has 160 valence electrons. The molecule has 0 radical (unpaired) electrons. The van der Waals surface area contributed by atoms with Gasteiger partial charge in [-0.2, -0.15) is 5.26 Å². The van der Waals surface area contributed by atoms with E-state index < -0.39 is 11.7 Å². The first-order valence-corrected chi connectivity index (χ1v) is 11.8. The summed E-state index contributed by atoms with van der Waals surface area (Å²) in [7, 11) is 0. The fourth-order valence-electron chi connectivity index (χ4n) is 4.51. The summed E-state index contributed by atoms with van der Waals surface area (Å²) in [6.07, 6.45) is 1.85. The predicted octanol–water partition coefficient (Wildman–Crippen LogP) is 6.15. The number of halogens is 2. The van der Waals surface area contributed by atoms with Crippen molar-refractivity contribution in [2.45, 2.75) is 46.0 Å². The molecule has 0 amide bonds. The quantitative estimate of drug-likeness (QED) is 0.549. The largest absolute Gasteiger partial charge is 0.384 e. The maximum atomic E-state index is 14.1. The van der Waals surface area contributed by atoms with Crippen molar-refractivity contribution in [1.82, 2.24) is 0 Å². The summed E-state index contributed by atoms with van der Waals surface area (Å²) in [5.74, 6) is -0.635. The zero-order valence-corrected chi connectivity index (χ0v) is 20.0. The van der Waals surface area contributed by atoms with Gasteiger partial charge >= 0.3 is 0 Å². The van der Waals surface area contributed by atoms with Gasteiger partial charge in [0.1, 0.15) is 11.6 Å². The van der Waals surface area contributed by atoms with Crippen LogP contribution in [0.1, 0.15) is 49.3 Å². The molecule has 2 heterocycles. The van der Waals surface area contributed by atoms with E-state index in [1.165, 1.54) is 12.1 Å². The number of nitriles is 1. The molecule has 1 aliphatic carbocycles. The van der Waals surface area contributed by atoms with E-state index in [1.54, 1.807) is 28.4 Å². The average Bonchev–Trinajstić information content (AvgIpc) is 3.06. The maximum Gasteiger partial charge on any atom is 0.162 e. The summed E-state index contributed by atoms with van der Waals surface area (Å²) in [5, 5.41) is 10.1. The van der Waals surface area contributed by atoms with Crippen LogP contribution in [0.5, 0.6) is 0 Å². The highest BCUT2D eigenvalue weighted by Gasteiger charge is 2.45. The van der Waals surface area contributed by atoms with E-state index in [9.17, 15) is 14.4 Å². The Hall–Kier alpha value is -2.43. The first-order chi connectivity index (χ1) is 14.7. The van der Waals surface area contributed by atoms with Crippen molar-refractivity contribution in [2.24, 2.45) is 11.1 Å². The van der Waals surface area contributed by atoms with Crippen LogP contribution in [0.2, 0.25) is 0 Å². The van der Waals surface area contributed by atoms with E-state index in [0.29, 0.717) is 29.7 Å². The van der Waals surface area contributed by atoms with Gasteiger partial charge in [0, 0.05) is 31.9 Å². The number of thiophene rings is 1. The van der Waals surface area contributed by atoms with Gasteiger partial charge in [0.15, 0.2) is 5.78 Å². The third-order valence-corrected chi connectivity index (χ3v) is 8.14. The molecule has 1 aromatic carbocycles. The highest BCUT2D eigenvalue weighted by Crippen LogP contribution is 2.51. The molecule has 1 unspecified atom stereocenters. The van der Waals surface area contributed by atoms with Gasteiger partial charge in [0.25, 0.3) is 0 Å². The molecule has 7 heteroatoms. The standard InChI is InChI=1S/C24H23BrFN3OS/c1-4-19-16(25)9-20(31-19)21-15(12-27)23(28)29(14-7-5-6-13(26)8-14)17-10-24(2,3)11-18(30)22(17)21/h5-9,21H,4,10-11,28H2,1-3H3. The lowest BCUT2D eigenvalue weighted by Crippen LogP contribution is -2.42. The van der Waals surface area contributed by atoms with Crippen LogP contribution in [0.15, 0.2) is 57.5 Å². The van der Waals surface area contributed by atoms with Crippen LogP contribution in [0, 0.1) is 22.6 Å². The molecule has 2 aromatic rings. The molecule has 2 N–H and O–H groups in total. The van der Waals surface area contributed by atoms with Crippen LogP contribution in [-0.4, -0.2) is 5.78 Å². The maximum absolute atomic E-state index is 14.1. The molecule has 0 fully saturated rings. The van der Waals surface area contributed by atoms with Crippen LogP contribution in [0.4, 0.5) is 10.1 Å². The minimum absolute atomic E-state index is 0.0143. The minimum Gasteiger partial charge on any atom is -0.384 e. The van der Waals surface area contributed by atoms with Crippen molar-refractivity contribution in [1.29, 1.82) is 5.26 Å². The number of benzene rings is 1. The Morgan fingerprint density at radius 3 is 2.71 bits per heavy atom. The Bertz CT molecular complexity index is 1190. The monoisotopic (exact) mass is 499 g/mol. The van der Waals surface area contributed by atoms with E-state index in [4.69, 9.17) is 5.73 Å². The van der Waals surface area contributed by atoms with E-state index in [2.05, 4.69) is 28.9 Å². The molecule has 0 saturated heterocycles. The number of anilines is 1. The number of hydrogen-bond acceptors (Lipinski definition) is 5. The van der Waals surface area contributed by atoms with Crippen molar-refractivity contribution >= 4 is 38.7 Å². The normalized spacial score (nSPS) is 20.7. The van der Waals surface area contributed by atoms with Gasteiger partial charge in [-0.15, -0.1) is 11.3 Å². The Kier molecular flexibility index (Phi) is 5.57. The number of carbonyl (C=O) groups excluding carboxylic acids is 1. The van der Waals surface area contributed by atoms with Crippen LogP contribution < -0.4 is 10.6 Å². The first-order valence-electron chi connectivity index (χ1n) is 10.2. The molecule has 4 rings (SSSR count). The second-order valence-corrected chi connectivity index (χ2v) is 10.8. The highest BCUT2D eigenvalue weighted by molar-refractivity contribution is 9.10. The summed E-state index contributed by atoms with van der Waals surface area (Å²) in [6, 6.07) is 10.4. The summed E-state index contributed by atoms with van der Waals surface area (Å²) in [6.45, 7) is 6.16. The predicted molar refractivity (Wildman–Crippen MR) is 125 cm³/mol. The van der Waals surface area contributed by atoms with Gasteiger partial charge in [-0.25, -0.2) is 4.39 Å². The van der Waals surface area contributed by atoms with E-state index in [-0.39, 0.29) is 17.0 Å². The number of nitrogens with two attached hydrogens (primary N) is 1. The number of rotatable bonds is 3. The highest BCUT2D eigenvalue weighted by atomic mass is 79.9. The van der Waals surface area contributed by atoms with Crippen molar-refractivity contribution in [3.8, 4) is 6.07 Å². The van der Waals surface area contributed by atoms with Crippen molar-refractivity contribution in [3.05, 3.63) is 73.0 Å². The van der Waals surface area contributed by atoms with Crippen molar-refractivity contribution in [2.75, 3.05) is 4.90 Å². The van der Waals surface area contributed by atoms with Gasteiger partial charge < -0.3 is 5.73 Å². The van der Waals surface area contributed by atoms with Gasteiger partial charge in [0.2, 0.25) is 0 Å². The molecule has 1 atom stereocenters. The first kappa shape index (κ1) is 21.8. The van der Waals surface area contributed by atoms with Crippen LogP contribution in [0.25, 0.3) is 0 Å². The van der Waals surface area contributed by atoms with Crippen LogP contribution >= 0.6 is 27.3 Å². The number of nitrogens with zero attached hydrogens (tertiary/aromatic N) is 2. The number of aryl methyl sites for hydroxylation is 1. The zero-order chi connectivity index (χ0) is 22.5. The Balaban J connectivity index is 2.00. The summed E-state index contributed by atoms with van der Waals surface area (Å²) >= 11 is 5.20. The second kappa shape index (κ2) is 7.92. The Morgan fingerprint density at radius 2 is 2.10 bits per heavy atom. The molecular weight excluding hydrogens is 477 g/mol. The SMILES string of the molecule is CCc1sc(C2C(C#N)=C(N)N(c3cccc(F)c3)C3=C2C(=O)CC(C)(C)C3)cc1Br. The molecule has 31 heavy (non-hydrogen) atoms. The molecule has 2 aliphatic rings. The molecule has 0 bridgehead atoms. The molecule has 4 nitrogen and oxygen atoms in total. The Morgan fingerprint density at radius 1 is 1.35 bits per heavy atom. The third kappa shape index (κ3) is 3.72. The summed E-state index contributed by atoms with van der Waals surface area (Å²) in [4.78, 5) is 17.2. The Labute approximate surface area is 194 Å². The van der Waals surface area contributed by atoms with Gasteiger partial charge in [0.05, 0.1) is 23.2 Å². The third-order valence-electron chi connectivity index (χ3n) is 5.83. The van der Waals surface area contributed by atoms with Crippen LogP contribution in [0.3, 0.4) is 0 Å². The van der Waals surface area contributed by atoms with Gasteiger partial charge in [-0.3, -0.25) is 9.69 Å². The van der Waals surface area contributed by atoms with E-state index >= 15 is 0 Å². The molecule has 0 spiro atoms. The van der Waals surface area contributed by atoms with E-state index in [1.807, 2.05) is 19.9 Å². The number of allylic oxidation sites excluding steroid dienone is 3. The number of hydrogen-bond donors (Lipinski definition) is 1. The lowest BCUT2D eigenvalue weighted by Gasteiger charge is -2.43. The zero-order valence-electron chi connectivity index (χ0n) is 17.6. The van der Waals surface area contributed by atoms with Crippen LogP contribution in [-0.2, 0) is 11.2 Å². The van der Waals surface area contributed by atoms with Crippen molar-refractivity contribution in [3.63, 3.8) is 0 Å². The topological polar surface area (TPSA) is 70.1 Å². The van der Waals surface area contributed by atoms with Gasteiger partial charge in [-0.05, 0) is 58.5 Å². The molecule has 0 saturated carbocycles. The molecular formula is C24H23BrFN3OS. The average molecular weight is 500 g/mol. The fraction of sp³-hybridized carbons (Fsp3) is 0.333.